The number of rotatable bonds is 4. The second-order valence-electron chi connectivity index (χ2n) is 3.25. The third kappa shape index (κ3) is 2.41. The lowest BCUT2D eigenvalue weighted by atomic mass is 10.1. The summed E-state index contributed by atoms with van der Waals surface area (Å²) in [6.45, 7) is 9.43. The van der Waals surface area contributed by atoms with E-state index in [1.807, 2.05) is 39.8 Å². The lowest BCUT2D eigenvalue weighted by Crippen LogP contribution is -1.99. The van der Waals surface area contributed by atoms with Crippen LogP contribution in [0.15, 0.2) is 12.1 Å². The van der Waals surface area contributed by atoms with E-state index in [4.69, 9.17) is 9.47 Å². The highest BCUT2D eigenvalue weighted by molar-refractivity contribution is 5.46. The Labute approximate surface area is 85.8 Å². The van der Waals surface area contributed by atoms with Gasteiger partial charge in [-0.1, -0.05) is 0 Å². The Morgan fingerprint density at radius 2 is 1.36 bits per heavy atom. The molecule has 0 heterocycles. The molecule has 1 aromatic rings. The first kappa shape index (κ1) is 10.9. The Bertz CT molecular complexity index is 278. The predicted molar refractivity (Wildman–Crippen MR) is 58.3 cm³/mol. The van der Waals surface area contributed by atoms with Crippen LogP contribution < -0.4 is 9.47 Å². The van der Waals surface area contributed by atoms with E-state index in [1.54, 1.807) is 0 Å². The van der Waals surface area contributed by atoms with Crippen LogP contribution in [0.1, 0.15) is 25.0 Å². The number of hydrogen-bond acceptors (Lipinski definition) is 2. The molecule has 0 aliphatic carbocycles. The van der Waals surface area contributed by atoms with Crippen molar-refractivity contribution in [2.45, 2.75) is 27.7 Å². The molecule has 0 unspecified atom stereocenters. The predicted octanol–water partition coefficient (Wildman–Crippen LogP) is 3.10. The lowest BCUT2D eigenvalue weighted by Gasteiger charge is -2.13. The lowest BCUT2D eigenvalue weighted by molar-refractivity contribution is 0.318. The van der Waals surface area contributed by atoms with Gasteiger partial charge in [0.05, 0.1) is 13.2 Å². The van der Waals surface area contributed by atoms with Crippen LogP contribution in [-0.4, -0.2) is 13.2 Å². The first-order valence-corrected chi connectivity index (χ1v) is 5.05. The molecule has 1 rings (SSSR count). The molecular formula is C12H18O2. The summed E-state index contributed by atoms with van der Waals surface area (Å²) in [4.78, 5) is 0. The second-order valence-corrected chi connectivity index (χ2v) is 3.25. The Kier molecular flexibility index (Phi) is 3.81. The van der Waals surface area contributed by atoms with E-state index in [0.29, 0.717) is 13.2 Å². The van der Waals surface area contributed by atoms with Crippen LogP contribution in [0.5, 0.6) is 11.5 Å². The molecule has 0 saturated carbocycles. The molecule has 0 saturated heterocycles. The minimum Gasteiger partial charge on any atom is -0.493 e. The van der Waals surface area contributed by atoms with Gasteiger partial charge in [-0.2, -0.15) is 0 Å². The highest BCUT2D eigenvalue weighted by Crippen LogP contribution is 2.29. The van der Waals surface area contributed by atoms with Crippen LogP contribution in [0.4, 0.5) is 0 Å². The maximum atomic E-state index is 5.52. The largest absolute Gasteiger partial charge is 0.493 e. The summed E-state index contributed by atoms with van der Waals surface area (Å²) >= 11 is 0. The molecule has 0 radical (unpaired) electrons. The Balaban J connectivity index is 3.04. The highest BCUT2D eigenvalue weighted by Gasteiger charge is 2.06. The van der Waals surface area contributed by atoms with Gasteiger partial charge in [0.25, 0.3) is 0 Å². The summed E-state index contributed by atoms with van der Waals surface area (Å²) in [5, 5.41) is 0. The fraction of sp³-hybridized carbons (Fsp3) is 0.500. The van der Waals surface area contributed by atoms with Crippen molar-refractivity contribution in [3.05, 3.63) is 23.3 Å². The van der Waals surface area contributed by atoms with Crippen LogP contribution in [0.25, 0.3) is 0 Å². The molecule has 0 N–H and O–H groups in total. The van der Waals surface area contributed by atoms with Gasteiger partial charge in [0, 0.05) is 5.56 Å². The van der Waals surface area contributed by atoms with Crippen LogP contribution >= 0.6 is 0 Å². The molecule has 0 fully saturated rings. The van der Waals surface area contributed by atoms with Crippen molar-refractivity contribution < 1.29 is 9.47 Å². The molecule has 0 bridgehead atoms. The molecule has 0 amide bonds. The summed E-state index contributed by atoms with van der Waals surface area (Å²) in [7, 11) is 0. The van der Waals surface area contributed by atoms with Crippen molar-refractivity contribution in [3.63, 3.8) is 0 Å². The summed E-state index contributed by atoms with van der Waals surface area (Å²) in [5.74, 6) is 1.85. The van der Waals surface area contributed by atoms with Gasteiger partial charge in [-0.15, -0.1) is 0 Å². The minimum atomic E-state index is 0.690. The van der Waals surface area contributed by atoms with Crippen molar-refractivity contribution in [3.8, 4) is 11.5 Å². The Morgan fingerprint density at radius 3 is 1.71 bits per heavy atom. The fourth-order valence-corrected chi connectivity index (χ4v) is 1.40. The van der Waals surface area contributed by atoms with Crippen molar-refractivity contribution in [2.24, 2.45) is 0 Å². The zero-order valence-electron chi connectivity index (χ0n) is 9.39. The van der Waals surface area contributed by atoms with Gasteiger partial charge in [-0.3, -0.25) is 0 Å². The summed E-state index contributed by atoms with van der Waals surface area (Å²) in [5.41, 5.74) is 2.25. The SMILES string of the molecule is CCOc1cc(C)cc(OCC)c1C. The number of ether oxygens (including phenoxy) is 2. The standard InChI is InChI=1S/C12H18O2/c1-5-13-11-7-9(3)8-12(10(11)4)14-6-2/h7-8H,5-6H2,1-4H3. The molecule has 14 heavy (non-hydrogen) atoms. The maximum absolute atomic E-state index is 5.52. The molecule has 0 spiro atoms. The number of benzene rings is 1. The van der Waals surface area contributed by atoms with Crippen molar-refractivity contribution in [2.75, 3.05) is 13.2 Å². The van der Waals surface area contributed by atoms with E-state index >= 15 is 0 Å². The monoisotopic (exact) mass is 194 g/mol. The molecule has 2 nitrogen and oxygen atoms in total. The fourth-order valence-electron chi connectivity index (χ4n) is 1.40. The van der Waals surface area contributed by atoms with E-state index in [1.165, 1.54) is 5.56 Å². The van der Waals surface area contributed by atoms with Gasteiger partial charge in [0.2, 0.25) is 0 Å². The van der Waals surface area contributed by atoms with E-state index in [-0.39, 0.29) is 0 Å². The van der Waals surface area contributed by atoms with Gasteiger partial charge < -0.3 is 9.47 Å². The zero-order valence-corrected chi connectivity index (χ0v) is 9.39. The van der Waals surface area contributed by atoms with Gasteiger partial charge in [-0.05, 0) is 45.4 Å². The third-order valence-corrected chi connectivity index (χ3v) is 2.06. The van der Waals surface area contributed by atoms with Crippen LogP contribution in [0, 0.1) is 13.8 Å². The van der Waals surface area contributed by atoms with Gasteiger partial charge in [0.15, 0.2) is 0 Å². The average Bonchev–Trinajstić information content (AvgIpc) is 2.14. The van der Waals surface area contributed by atoms with Gasteiger partial charge in [-0.25, -0.2) is 0 Å². The molecule has 78 valence electrons. The van der Waals surface area contributed by atoms with Gasteiger partial charge >= 0.3 is 0 Å². The number of aryl methyl sites for hydroxylation is 1. The topological polar surface area (TPSA) is 18.5 Å². The van der Waals surface area contributed by atoms with E-state index in [2.05, 4.69) is 0 Å². The van der Waals surface area contributed by atoms with Crippen molar-refractivity contribution in [1.29, 1.82) is 0 Å². The van der Waals surface area contributed by atoms with Crippen molar-refractivity contribution >= 4 is 0 Å². The normalized spacial score (nSPS) is 10.0. The zero-order chi connectivity index (χ0) is 10.6. The van der Waals surface area contributed by atoms with Crippen LogP contribution in [0.2, 0.25) is 0 Å². The van der Waals surface area contributed by atoms with Gasteiger partial charge in [0.1, 0.15) is 11.5 Å². The molecular weight excluding hydrogens is 176 g/mol. The van der Waals surface area contributed by atoms with Crippen LogP contribution in [-0.2, 0) is 0 Å². The molecule has 1 aromatic carbocycles. The number of hydrogen-bond donors (Lipinski definition) is 0. The molecule has 0 aliphatic rings. The van der Waals surface area contributed by atoms with Crippen molar-refractivity contribution in [1.82, 2.24) is 0 Å². The first-order valence-electron chi connectivity index (χ1n) is 5.05. The van der Waals surface area contributed by atoms with E-state index < -0.39 is 0 Å². The Hall–Kier alpha value is -1.18. The molecule has 2 heteroatoms. The summed E-state index contributed by atoms with van der Waals surface area (Å²) in [6, 6.07) is 4.09. The van der Waals surface area contributed by atoms with Crippen LogP contribution in [0.3, 0.4) is 0 Å². The van der Waals surface area contributed by atoms with E-state index in [9.17, 15) is 0 Å². The highest BCUT2D eigenvalue weighted by atomic mass is 16.5. The first-order chi connectivity index (χ1) is 6.69. The third-order valence-electron chi connectivity index (χ3n) is 2.06. The maximum Gasteiger partial charge on any atom is 0.126 e. The summed E-state index contributed by atoms with van der Waals surface area (Å²) < 4.78 is 11.0. The quantitative estimate of drug-likeness (QED) is 0.733. The molecule has 0 aromatic heterocycles. The Morgan fingerprint density at radius 1 is 0.929 bits per heavy atom. The second kappa shape index (κ2) is 4.89. The molecule has 0 atom stereocenters. The molecule has 0 aliphatic heterocycles. The smallest absolute Gasteiger partial charge is 0.126 e. The van der Waals surface area contributed by atoms with E-state index in [0.717, 1.165) is 17.1 Å². The summed E-state index contributed by atoms with van der Waals surface area (Å²) in [6.07, 6.45) is 0. The minimum absolute atomic E-state index is 0.690. The average molecular weight is 194 g/mol.